The number of carbonyl (C=O) groups is 7. The Labute approximate surface area is 597 Å². The molecule has 24 nitrogen and oxygen atoms in total. The van der Waals surface area contributed by atoms with Crippen molar-refractivity contribution in [3.63, 3.8) is 0 Å². The van der Waals surface area contributed by atoms with Gasteiger partial charge in [0.15, 0.2) is 18.1 Å². The van der Waals surface area contributed by atoms with Crippen molar-refractivity contribution in [2.45, 2.75) is 274 Å². The number of alkyl halides is 1. The van der Waals surface area contributed by atoms with Crippen molar-refractivity contribution >= 4 is 41.7 Å². The molecule has 0 spiro atoms. The van der Waals surface area contributed by atoms with Crippen LogP contribution in [0.5, 0.6) is 0 Å². The SMILES string of the molecule is C=COO.C=COOCC.CC(C)/C=C/C(=O)O.CC(C)C(=O)NC1CC1F.CC(C)CC(=O)OC(C)OC(=O)C(C)(C)C.CC(C)COC(C)C.CC(C)OCC1CC1.CC(C)c1cccc(C#N)c1.CCC(=O)OC(C)OC(=O)CC(C)C.Cc1oc(=O)oc1COC(=O)CC(C)C. The molecule has 2 aliphatic rings. The molecule has 0 radical (unpaired) electrons. The van der Waals surface area contributed by atoms with Gasteiger partial charge in [-0.2, -0.15) is 10.1 Å². The molecular weight excluding hydrogens is 1300 g/mol. The fourth-order valence-corrected chi connectivity index (χ4v) is 5.84. The van der Waals surface area contributed by atoms with E-state index in [9.17, 15) is 42.7 Å². The van der Waals surface area contributed by atoms with Gasteiger partial charge in [0.05, 0.1) is 41.9 Å². The van der Waals surface area contributed by atoms with Crippen molar-refractivity contribution in [2.75, 3.05) is 19.8 Å². The summed E-state index contributed by atoms with van der Waals surface area (Å²) in [6, 6.07) is 9.67. The molecule has 578 valence electrons. The molecule has 2 saturated carbocycles. The number of aryl methyl sites for hydroxylation is 1. The van der Waals surface area contributed by atoms with E-state index in [1.54, 1.807) is 61.5 Å². The van der Waals surface area contributed by atoms with E-state index in [0.29, 0.717) is 68.0 Å². The quantitative estimate of drug-likeness (QED) is 0.0104. The van der Waals surface area contributed by atoms with E-state index in [2.05, 4.69) is 103 Å². The van der Waals surface area contributed by atoms with E-state index in [1.807, 2.05) is 86.6 Å². The third-order valence-corrected chi connectivity index (χ3v) is 11.3. The van der Waals surface area contributed by atoms with E-state index >= 15 is 0 Å². The summed E-state index contributed by atoms with van der Waals surface area (Å²) in [7, 11) is 0. The van der Waals surface area contributed by atoms with Gasteiger partial charge in [-0.1, -0.05) is 135 Å². The second-order valence-corrected chi connectivity index (χ2v) is 26.9. The Balaban J connectivity index is -0.000000250. The lowest BCUT2D eigenvalue weighted by molar-refractivity contribution is -0.244. The zero-order valence-corrected chi connectivity index (χ0v) is 65.3. The number of rotatable bonds is 28. The van der Waals surface area contributed by atoms with Crippen LogP contribution < -0.4 is 11.1 Å². The van der Waals surface area contributed by atoms with Crippen molar-refractivity contribution < 1.29 is 105 Å². The Kier molecular flexibility index (Phi) is 64.8. The maximum atomic E-state index is 12.2. The monoisotopic (exact) mass is 1430 g/mol. The zero-order valence-electron chi connectivity index (χ0n) is 65.3. The summed E-state index contributed by atoms with van der Waals surface area (Å²) in [5.74, 6) is 0.267. The molecule has 0 saturated heterocycles. The zero-order chi connectivity index (χ0) is 78.8. The molecule has 2 aromatic rings. The van der Waals surface area contributed by atoms with E-state index in [4.69, 9.17) is 48.8 Å². The minimum Gasteiger partial charge on any atom is -0.478 e. The maximum Gasteiger partial charge on any atom is 0.519 e. The number of carbonyl (C=O) groups excluding carboxylic acids is 6. The van der Waals surface area contributed by atoms with Crippen molar-refractivity contribution in [1.82, 2.24) is 5.32 Å². The van der Waals surface area contributed by atoms with Crippen molar-refractivity contribution in [3.8, 4) is 6.07 Å². The van der Waals surface area contributed by atoms with Gasteiger partial charge in [-0.05, 0) is 134 Å². The summed E-state index contributed by atoms with van der Waals surface area (Å²) >= 11 is 0. The van der Waals surface area contributed by atoms with Crippen LogP contribution in [0.1, 0.15) is 247 Å². The molecule has 4 rings (SSSR count). The summed E-state index contributed by atoms with van der Waals surface area (Å²) in [6.45, 7) is 57.9. The number of carboxylic acids is 1. The molecule has 1 aromatic heterocycles. The van der Waals surface area contributed by atoms with Crippen LogP contribution in [-0.4, -0.2) is 109 Å². The number of aliphatic carboxylic acids is 1. The maximum absolute atomic E-state index is 12.2. The fraction of sp³-hybridized carbons (Fsp3) is 0.693. The molecular formula is C75H129FN2O22. The number of nitrogens with one attached hydrogen (secondary N) is 1. The van der Waals surface area contributed by atoms with Gasteiger partial charge in [-0.25, -0.2) is 19.2 Å². The Bertz CT molecular complexity index is 2600. The number of hydrogen-bond donors (Lipinski definition) is 3. The van der Waals surface area contributed by atoms with Gasteiger partial charge in [0.2, 0.25) is 18.5 Å². The lowest BCUT2D eigenvalue weighted by atomic mass is 9.97. The van der Waals surface area contributed by atoms with Gasteiger partial charge in [0.1, 0.15) is 18.7 Å². The number of hydrogen-bond acceptors (Lipinski definition) is 22. The van der Waals surface area contributed by atoms with Crippen molar-refractivity contribution in [3.05, 3.63) is 95.4 Å². The lowest BCUT2D eigenvalue weighted by Crippen LogP contribution is -2.30. The fourth-order valence-electron chi connectivity index (χ4n) is 5.84. The minimum atomic E-state index is -0.876. The second kappa shape index (κ2) is 62.6. The van der Waals surface area contributed by atoms with Crippen LogP contribution in [0.2, 0.25) is 0 Å². The first-order valence-corrected chi connectivity index (χ1v) is 34.2. The molecule has 4 unspecified atom stereocenters. The standard InChI is InChI=1S/C12H22O4.C10H11N.C10H14O5.C10H18O4.C7H12FNO.C7H14O.C7H16O.C6H10O2.C4H8O2.C2H4O2/c1-8(2)7-10(13)15-9(3)16-11(14)12(4,5)6;1-8(2)10-5-3-4-9(6-10)7-11;1-6(2)4-9(11)13-5-8-7(3)14-10(12)15-8;1-5-9(11)13-8(4)14-10(12)6-7(2)3;1-4(2)7(10)9-6-3-5(6)8;1-6(2)8-5-7-3-4-7;1-6(2)5-8-7(3)4;1-5(2)3-4-6(7)8;1-3-5-6-4-2;1-2-4-3/h8-9H,7H2,1-6H3;3-6,8H,1-2H3;6H,4-5H2,1-3H3;7-8H,5-6H2,1-4H3;4-6H,3H2,1-2H3,(H,9,10);6-7H,3-5H2,1-2H3;6-7H,5H2,1-4H3;3-5H,1-2H3,(H,7,8);3H,1,4H2,2H3;2-3H,1H2/b;;;;;;;4-3+;;. The molecule has 25 heteroatoms. The van der Waals surface area contributed by atoms with Gasteiger partial charge in [-0.3, -0.25) is 28.8 Å². The third kappa shape index (κ3) is 76.4. The number of nitrogens with zero attached hydrogens (tertiary/aromatic N) is 1. The summed E-state index contributed by atoms with van der Waals surface area (Å²) in [5.41, 5.74) is 1.39. The highest BCUT2D eigenvalue weighted by atomic mass is 19.1. The van der Waals surface area contributed by atoms with Gasteiger partial charge in [-0.15, -0.1) is 0 Å². The normalized spacial score (nSPS) is 13.6. The predicted molar refractivity (Wildman–Crippen MR) is 383 cm³/mol. The second-order valence-electron chi connectivity index (χ2n) is 26.9. The van der Waals surface area contributed by atoms with Crippen LogP contribution in [0.4, 0.5) is 4.39 Å². The van der Waals surface area contributed by atoms with Gasteiger partial charge >= 0.3 is 41.6 Å². The van der Waals surface area contributed by atoms with Crippen LogP contribution in [0.3, 0.4) is 0 Å². The number of amides is 1. The van der Waals surface area contributed by atoms with E-state index in [-0.39, 0.29) is 84.3 Å². The topological polar surface area (TPSA) is 331 Å². The molecule has 1 amide bonds. The van der Waals surface area contributed by atoms with Crippen molar-refractivity contribution in [1.29, 1.82) is 5.26 Å². The molecule has 1 heterocycles. The van der Waals surface area contributed by atoms with E-state index in [0.717, 1.165) is 37.0 Å². The average Bonchev–Trinajstić information content (AvgIpc) is 1.68. The van der Waals surface area contributed by atoms with E-state index in [1.165, 1.54) is 31.6 Å². The predicted octanol–water partition coefficient (Wildman–Crippen LogP) is 16.5. The van der Waals surface area contributed by atoms with E-state index < -0.39 is 36.0 Å². The Morgan fingerprint density at radius 1 is 0.720 bits per heavy atom. The number of halogens is 1. The number of esters is 5. The molecule has 3 N–H and O–H groups in total. The van der Waals surface area contributed by atoms with Crippen LogP contribution >= 0.6 is 0 Å². The lowest BCUT2D eigenvalue weighted by Gasteiger charge is -2.21. The van der Waals surface area contributed by atoms with Crippen LogP contribution in [0.15, 0.2) is 75.7 Å². The summed E-state index contributed by atoms with van der Waals surface area (Å²) < 4.78 is 56.6. The largest absolute Gasteiger partial charge is 0.519 e. The molecule has 1 aromatic carbocycles. The first kappa shape index (κ1) is 104. The van der Waals surface area contributed by atoms with Crippen molar-refractivity contribution in [2.24, 2.45) is 46.8 Å². The summed E-state index contributed by atoms with van der Waals surface area (Å²) in [4.78, 5) is 99.1. The minimum absolute atomic E-state index is 0.0344. The van der Waals surface area contributed by atoms with Crippen LogP contribution in [0, 0.1) is 65.1 Å². The number of carboxylic acid groups (broad SMARTS) is 1. The Hall–Kier alpha value is -7.40. The van der Waals surface area contributed by atoms with Gasteiger partial charge in [0.25, 0.3) is 0 Å². The third-order valence-electron chi connectivity index (χ3n) is 11.3. The molecule has 0 bridgehead atoms. The number of benzene rings is 1. The summed E-state index contributed by atoms with van der Waals surface area (Å²) in [6.07, 6.45) is 7.98. The summed E-state index contributed by atoms with van der Waals surface area (Å²) in [5, 5.41) is 26.5. The van der Waals surface area contributed by atoms with Crippen LogP contribution in [-0.2, 0) is 88.0 Å². The molecule has 2 aliphatic carbocycles. The highest BCUT2D eigenvalue weighted by Crippen LogP contribution is 2.29. The molecule has 2 fully saturated rings. The van der Waals surface area contributed by atoms with Crippen LogP contribution in [0.25, 0.3) is 0 Å². The van der Waals surface area contributed by atoms with Gasteiger partial charge < -0.3 is 62.2 Å². The Morgan fingerprint density at radius 3 is 1.51 bits per heavy atom. The molecule has 0 aliphatic heterocycles. The number of allylic oxidation sites excluding steroid dienone is 1. The number of nitriles is 1. The first-order valence-electron chi connectivity index (χ1n) is 34.2. The Morgan fingerprint density at radius 2 is 1.20 bits per heavy atom. The van der Waals surface area contributed by atoms with Gasteiger partial charge in [0, 0.05) is 71.2 Å². The molecule has 4 atom stereocenters. The smallest absolute Gasteiger partial charge is 0.478 e. The highest BCUT2D eigenvalue weighted by Gasteiger charge is 2.39. The first-order chi connectivity index (χ1) is 46.3. The molecule has 100 heavy (non-hydrogen) atoms. The number of ether oxygens (including phenoxy) is 7. The highest BCUT2D eigenvalue weighted by molar-refractivity contribution is 5.80. The average molecular weight is 1430 g/mol.